The number of nitrogens with zero attached hydrogens (tertiary/aromatic N) is 3. The molecule has 0 fully saturated rings. The number of benzene rings is 5. The van der Waals surface area contributed by atoms with Gasteiger partial charge in [0.25, 0.3) is 0 Å². The number of fused-ring (bicyclic) bond motifs is 6. The molecule has 1 aromatic heterocycles. The molecule has 0 aliphatic heterocycles. The zero-order valence-electron chi connectivity index (χ0n) is 19.3. The summed E-state index contributed by atoms with van der Waals surface area (Å²) >= 11 is 12.3. The average molecular weight is 553 g/mol. The van der Waals surface area contributed by atoms with Gasteiger partial charge < -0.3 is 4.98 Å². The molecule has 0 unspecified atom stereocenters. The van der Waals surface area contributed by atoms with Crippen molar-refractivity contribution in [3.63, 3.8) is 0 Å². The molecule has 0 atom stereocenters. The first-order valence-electron chi connectivity index (χ1n) is 11.3. The summed E-state index contributed by atoms with van der Waals surface area (Å²) in [5.74, 6) is 0.371. The molecule has 9 heteroatoms. The number of sulfone groups is 1. The van der Waals surface area contributed by atoms with Gasteiger partial charge in [0.2, 0.25) is 9.84 Å². The Morgan fingerprint density at radius 2 is 1.32 bits per heavy atom. The van der Waals surface area contributed by atoms with Crippen molar-refractivity contribution in [3.8, 4) is 23.5 Å². The number of hydrogen-bond donors (Lipinski definition) is 1. The Bertz CT molecular complexity index is 2110. The minimum absolute atomic E-state index is 0.120. The monoisotopic (exact) mass is 552 g/mol. The summed E-state index contributed by atoms with van der Waals surface area (Å²) in [5.41, 5.74) is 2.30. The predicted molar refractivity (Wildman–Crippen MR) is 148 cm³/mol. The lowest BCUT2D eigenvalue weighted by molar-refractivity contribution is 0.596. The Labute approximate surface area is 227 Å². The Kier molecular flexibility index (Phi) is 5.59. The lowest BCUT2D eigenvalue weighted by atomic mass is 10.00. The molecule has 6 nitrogen and oxygen atoms in total. The molecule has 1 heterocycles. The number of aromatic amines is 1. The maximum absolute atomic E-state index is 13.4. The van der Waals surface area contributed by atoms with Crippen LogP contribution >= 0.6 is 23.2 Å². The van der Waals surface area contributed by atoms with E-state index < -0.39 is 9.84 Å². The quantitative estimate of drug-likeness (QED) is 0.229. The number of imidazole rings is 1. The van der Waals surface area contributed by atoms with Crippen molar-refractivity contribution in [1.82, 2.24) is 9.97 Å². The van der Waals surface area contributed by atoms with Crippen LogP contribution in [-0.2, 0) is 9.84 Å². The summed E-state index contributed by atoms with van der Waals surface area (Å²) in [5, 5.41) is 23.1. The van der Waals surface area contributed by atoms with Gasteiger partial charge in [-0.05, 0) is 71.4 Å². The summed E-state index contributed by atoms with van der Waals surface area (Å²) in [6.45, 7) is 0. The van der Waals surface area contributed by atoms with E-state index >= 15 is 0 Å². The number of halogens is 2. The van der Waals surface area contributed by atoms with Crippen molar-refractivity contribution in [3.05, 3.63) is 100 Å². The topological polar surface area (TPSA) is 110 Å². The highest BCUT2D eigenvalue weighted by atomic mass is 35.5. The lowest BCUT2D eigenvalue weighted by Crippen LogP contribution is -2.01. The molecule has 1 N–H and O–H groups in total. The van der Waals surface area contributed by atoms with Crippen LogP contribution in [-0.4, -0.2) is 18.4 Å². The highest BCUT2D eigenvalue weighted by Gasteiger charge is 2.22. The van der Waals surface area contributed by atoms with E-state index in [1.165, 1.54) is 24.3 Å². The van der Waals surface area contributed by atoms with Crippen molar-refractivity contribution >= 4 is 65.6 Å². The molecule has 0 aliphatic carbocycles. The molecule has 0 amide bonds. The summed E-state index contributed by atoms with van der Waals surface area (Å²) in [7, 11) is -3.82. The van der Waals surface area contributed by atoms with Gasteiger partial charge in [-0.15, -0.1) is 0 Å². The number of hydrogen-bond acceptors (Lipinski definition) is 5. The van der Waals surface area contributed by atoms with Crippen molar-refractivity contribution in [2.24, 2.45) is 0 Å². The molecule has 0 spiro atoms. The Morgan fingerprint density at radius 1 is 0.711 bits per heavy atom. The van der Waals surface area contributed by atoms with Crippen LogP contribution < -0.4 is 0 Å². The molecule has 6 aromatic rings. The fourth-order valence-corrected chi connectivity index (χ4v) is 6.29. The molecule has 0 radical (unpaired) electrons. The Balaban J connectivity index is 1.68. The third kappa shape index (κ3) is 3.69. The summed E-state index contributed by atoms with van der Waals surface area (Å²) in [4.78, 5) is 8.35. The summed E-state index contributed by atoms with van der Waals surface area (Å²) < 4.78 is 26.9. The molecular weight excluding hydrogens is 539 g/mol. The molecule has 38 heavy (non-hydrogen) atoms. The second-order valence-corrected chi connectivity index (χ2v) is 11.4. The molecule has 0 saturated heterocycles. The number of rotatable bonds is 3. The van der Waals surface area contributed by atoms with E-state index in [9.17, 15) is 18.9 Å². The Hall–Kier alpha value is -4.40. The van der Waals surface area contributed by atoms with E-state index in [2.05, 4.69) is 17.1 Å². The minimum Gasteiger partial charge on any atom is -0.337 e. The van der Waals surface area contributed by atoms with E-state index in [0.717, 1.165) is 16.2 Å². The predicted octanol–water partition coefficient (Wildman–Crippen LogP) is 7.42. The van der Waals surface area contributed by atoms with Gasteiger partial charge in [0, 0.05) is 20.8 Å². The smallest absolute Gasteiger partial charge is 0.206 e. The third-order valence-corrected chi connectivity index (χ3v) is 8.72. The molecule has 6 rings (SSSR count). The maximum Gasteiger partial charge on any atom is 0.206 e. The first-order valence-corrected chi connectivity index (χ1v) is 13.5. The van der Waals surface area contributed by atoms with Crippen LogP contribution in [0.2, 0.25) is 10.0 Å². The standard InChI is InChI=1S/C29H14Cl2N4O2S/c30-18-4-7-20(8-5-18)38(36,37)21-9-11-23-25(13-21)24-12-19(31)6-10-22(24)27-28(23)35-29(34-27)26-16(14-32)2-1-3-17(26)15-33/h1-13H,(H,34,35). The van der Waals surface area contributed by atoms with Crippen LogP contribution in [0.4, 0.5) is 0 Å². The maximum atomic E-state index is 13.4. The first kappa shape index (κ1) is 24.0. The fourth-order valence-electron chi connectivity index (χ4n) is 4.70. The highest BCUT2D eigenvalue weighted by Crippen LogP contribution is 2.39. The van der Waals surface area contributed by atoms with E-state index in [1.54, 1.807) is 48.5 Å². The zero-order valence-corrected chi connectivity index (χ0v) is 21.7. The number of nitriles is 2. The molecule has 182 valence electrons. The van der Waals surface area contributed by atoms with Crippen molar-refractivity contribution in [1.29, 1.82) is 10.5 Å². The van der Waals surface area contributed by atoms with Gasteiger partial charge in [-0.3, -0.25) is 0 Å². The average Bonchev–Trinajstić information content (AvgIpc) is 3.37. The van der Waals surface area contributed by atoms with Gasteiger partial charge in [0.05, 0.1) is 49.7 Å². The third-order valence-electron chi connectivity index (χ3n) is 6.47. The van der Waals surface area contributed by atoms with Crippen LogP contribution in [0.3, 0.4) is 0 Å². The number of nitrogens with one attached hydrogen (secondary N) is 1. The number of H-pyrrole nitrogens is 1. The number of aromatic nitrogens is 2. The van der Waals surface area contributed by atoms with E-state index in [0.29, 0.717) is 49.0 Å². The van der Waals surface area contributed by atoms with Gasteiger partial charge in [0.15, 0.2) is 0 Å². The minimum atomic E-state index is -3.82. The van der Waals surface area contributed by atoms with Gasteiger partial charge in [-0.2, -0.15) is 10.5 Å². The van der Waals surface area contributed by atoms with E-state index in [-0.39, 0.29) is 9.79 Å². The van der Waals surface area contributed by atoms with Gasteiger partial charge in [0.1, 0.15) is 5.82 Å². The lowest BCUT2D eigenvalue weighted by Gasteiger charge is -2.10. The SMILES string of the molecule is N#Cc1cccc(C#N)c1-c1nc2c3ccc(Cl)cc3c3cc(S(=O)(=O)c4ccc(Cl)cc4)ccc3c2[nH]1. The molecule has 5 aromatic carbocycles. The first-order chi connectivity index (χ1) is 18.3. The molecular formula is C29H14Cl2N4O2S. The van der Waals surface area contributed by atoms with Gasteiger partial charge in [-0.25, -0.2) is 13.4 Å². The molecule has 0 aliphatic rings. The van der Waals surface area contributed by atoms with E-state index in [4.69, 9.17) is 28.2 Å². The Morgan fingerprint density at radius 3 is 2.00 bits per heavy atom. The van der Waals surface area contributed by atoms with Gasteiger partial charge >= 0.3 is 0 Å². The van der Waals surface area contributed by atoms with Crippen molar-refractivity contribution in [2.45, 2.75) is 9.79 Å². The van der Waals surface area contributed by atoms with Crippen molar-refractivity contribution in [2.75, 3.05) is 0 Å². The largest absolute Gasteiger partial charge is 0.337 e. The molecule has 0 saturated carbocycles. The van der Waals surface area contributed by atoms with E-state index in [1.807, 2.05) is 6.07 Å². The zero-order chi connectivity index (χ0) is 26.6. The fraction of sp³-hybridized carbons (Fsp3) is 0. The normalized spacial score (nSPS) is 11.6. The van der Waals surface area contributed by atoms with Gasteiger partial charge in [-0.1, -0.05) is 41.4 Å². The van der Waals surface area contributed by atoms with Crippen molar-refractivity contribution < 1.29 is 8.42 Å². The summed E-state index contributed by atoms with van der Waals surface area (Å²) in [6, 6.07) is 25.4. The second-order valence-electron chi connectivity index (χ2n) is 8.62. The highest BCUT2D eigenvalue weighted by molar-refractivity contribution is 7.91. The van der Waals surface area contributed by atoms with Crippen LogP contribution in [0.25, 0.3) is 44.0 Å². The van der Waals surface area contributed by atoms with Crippen LogP contribution in [0, 0.1) is 22.7 Å². The van der Waals surface area contributed by atoms with Crippen LogP contribution in [0.1, 0.15) is 11.1 Å². The van der Waals surface area contributed by atoms with Crippen LogP contribution in [0.5, 0.6) is 0 Å². The van der Waals surface area contributed by atoms with Crippen LogP contribution in [0.15, 0.2) is 88.7 Å². The summed E-state index contributed by atoms with van der Waals surface area (Å²) in [6.07, 6.45) is 0. The molecule has 0 bridgehead atoms. The second kappa shape index (κ2) is 8.86.